The van der Waals surface area contributed by atoms with Crippen LogP contribution < -0.4 is 10.2 Å². The minimum absolute atomic E-state index is 0.0686. The van der Waals surface area contributed by atoms with Gasteiger partial charge < -0.3 is 19.7 Å². The van der Waals surface area contributed by atoms with E-state index in [4.69, 9.17) is 9.47 Å². The third-order valence-electron chi connectivity index (χ3n) is 5.27. The summed E-state index contributed by atoms with van der Waals surface area (Å²) in [4.78, 5) is 31.6. The molecule has 1 aliphatic rings. The van der Waals surface area contributed by atoms with Crippen molar-refractivity contribution < 1.29 is 19.1 Å². The van der Waals surface area contributed by atoms with Gasteiger partial charge in [0, 0.05) is 36.3 Å². The lowest BCUT2D eigenvalue weighted by Crippen LogP contribution is -2.46. The summed E-state index contributed by atoms with van der Waals surface area (Å²) in [5.41, 5.74) is 1.33. The molecule has 180 valence electrons. The Morgan fingerprint density at radius 2 is 1.70 bits per heavy atom. The number of aromatic nitrogens is 2. The second-order valence-corrected chi connectivity index (χ2v) is 10.6. The number of pyridine rings is 1. The molecule has 1 aliphatic heterocycles. The molecule has 0 spiro atoms. The van der Waals surface area contributed by atoms with Crippen molar-refractivity contribution in [3.63, 3.8) is 0 Å². The van der Waals surface area contributed by atoms with Crippen molar-refractivity contribution >= 4 is 34.5 Å². The van der Waals surface area contributed by atoms with Crippen LogP contribution in [0.25, 0.3) is 16.5 Å². The molecule has 0 bridgehead atoms. The lowest BCUT2D eigenvalue weighted by atomic mass is 10.0. The zero-order chi connectivity index (χ0) is 24.6. The zero-order valence-corrected chi connectivity index (χ0v) is 20.8. The molecule has 2 aromatic heterocycles. The van der Waals surface area contributed by atoms with E-state index in [2.05, 4.69) is 21.8 Å². The molecule has 2 aromatic rings. The average Bonchev–Trinajstić information content (AvgIpc) is 3.05. The number of ether oxygens (including phenoxy) is 2. The minimum atomic E-state index is -0.595. The number of amides is 1. The van der Waals surface area contributed by atoms with Gasteiger partial charge in [-0.1, -0.05) is 6.58 Å². The van der Waals surface area contributed by atoms with Crippen LogP contribution in [0.15, 0.2) is 25.0 Å². The van der Waals surface area contributed by atoms with Crippen molar-refractivity contribution in [3.8, 4) is 0 Å². The maximum Gasteiger partial charge on any atom is 0.419 e. The van der Waals surface area contributed by atoms with Gasteiger partial charge in [-0.05, 0) is 72.9 Å². The molecule has 8 nitrogen and oxygen atoms in total. The molecule has 3 rings (SSSR count). The smallest absolute Gasteiger partial charge is 0.419 e. The normalized spacial score (nSPS) is 15.4. The number of allylic oxidation sites excluding steroid dienone is 1. The van der Waals surface area contributed by atoms with E-state index in [0.29, 0.717) is 5.52 Å². The Labute approximate surface area is 195 Å². The maximum absolute atomic E-state index is 12.7. The Hall–Kier alpha value is -3.03. The lowest BCUT2D eigenvalue weighted by molar-refractivity contribution is 0.0494. The molecular formula is C25H36N4O4. The second-order valence-electron chi connectivity index (χ2n) is 10.6. The number of alkyl carbamates (subject to hydrolysis) is 1. The Bertz CT molecular complexity index is 1050. The highest BCUT2D eigenvalue weighted by Gasteiger charge is 2.26. The summed E-state index contributed by atoms with van der Waals surface area (Å²) in [6.45, 7) is 18.6. The summed E-state index contributed by atoms with van der Waals surface area (Å²) < 4.78 is 12.4. The van der Waals surface area contributed by atoms with Crippen molar-refractivity contribution in [2.75, 3.05) is 18.0 Å². The van der Waals surface area contributed by atoms with Crippen molar-refractivity contribution in [2.24, 2.45) is 0 Å². The fourth-order valence-corrected chi connectivity index (χ4v) is 3.82. The summed E-state index contributed by atoms with van der Waals surface area (Å²) in [6, 6.07) is 2.07. The van der Waals surface area contributed by atoms with Gasteiger partial charge in [-0.15, -0.1) is 0 Å². The molecule has 0 saturated carbocycles. The van der Waals surface area contributed by atoms with Gasteiger partial charge in [0.05, 0.1) is 11.7 Å². The van der Waals surface area contributed by atoms with E-state index < -0.39 is 17.3 Å². The predicted octanol–water partition coefficient (Wildman–Crippen LogP) is 5.35. The molecule has 1 fully saturated rings. The summed E-state index contributed by atoms with van der Waals surface area (Å²) in [7, 11) is 0. The molecular weight excluding hydrogens is 420 g/mol. The quantitative estimate of drug-likeness (QED) is 0.670. The third-order valence-corrected chi connectivity index (χ3v) is 5.27. The van der Waals surface area contributed by atoms with Crippen LogP contribution in [0.2, 0.25) is 0 Å². The van der Waals surface area contributed by atoms with E-state index in [1.165, 1.54) is 4.57 Å². The van der Waals surface area contributed by atoms with E-state index >= 15 is 0 Å². The van der Waals surface area contributed by atoms with Gasteiger partial charge in [0.2, 0.25) is 0 Å². The van der Waals surface area contributed by atoms with Gasteiger partial charge in [0.1, 0.15) is 17.0 Å². The molecule has 8 heteroatoms. The molecule has 0 unspecified atom stereocenters. The van der Waals surface area contributed by atoms with Gasteiger partial charge in [-0.3, -0.25) is 4.57 Å². The van der Waals surface area contributed by atoms with Crippen LogP contribution in [0.1, 0.15) is 66.9 Å². The second kappa shape index (κ2) is 9.08. The molecule has 3 heterocycles. The van der Waals surface area contributed by atoms with Crippen LogP contribution in [0, 0.1) is 0 Å². The van der Waals surface area contributed by atoms with Crippen LogP contribution in [0.3, 0.4) is 0 Å². The van der Waals surface area contributed by atoms with E-state index in [9.17, 15) is 9.59 Å². The summed E-state index contributed by atoms with van der Waals surface area (Å²) in [6.07, 6.45) is 4.25. The van der Waals surface area contributed by atoms with Crippen LogP contribution in [-0.2, 0) is 9.47 Å². The molecule has 1 N–H and O–H groups in total. The van der Waals surface area contributed by atoms with Crippen molar-refractivity contribution in [1.29, 1.82) is 0 Å². The molecule has 0 radical (unpaired) electrons. The van der Waals surface area contributed by atoms with E-state index in [1.807, 2.05) is 54.5 Å². The van der Waals surface area contributed by atoms with Crippen LogP contribution in [0.5, 0.6) is 0 Å². The summed E-state index contributed by atoms with van der Waals surface area (Å²) in [5.74, 6) is 0.836. The van der Waals surface area contributed by atoms with Crippen molar-refractivity contribution in [1.82, 2.24) is 14.9 Å². The van der Waals surface area contributed by atoms with Gasteiger partial charge in [0.25, 0.3) is 0 Å². The highest BCUT2D eigenvalue weighted by atomic mass is 16.6. The maximum atomic E-state index is 12.7. The number of carbonyl (C=O) groups excluding carboxylic acids is 2. The number of carbonyl (C=O) groups is 2. The highest BCUT2D eigenvalue weighted by Crippen LogP contribution is 2.30. The number of hydrogen-bond donors (Lipinski definition) is 1. The van der Waals surface area contributed by atoms with Gasteiger partial charge >= 0.3 is 12.2 Å². The molecule has 0 atom stereocenters. The Balaban J connectivity index is 1.76. The first-order valence-electron chi connectivity index (χ1n) is 11.4. The first-order chi connectivity index (χ1) is 15.2. The van der Waals surface area contributed by atoms with E-state index in [0.717, 1.165) is 48.3 Å². The highest BCUT2D eigenvalue weighted by molar-refractivity contribution is 5.98. The number of nitrogens with zero attached hydrogens (tertiary/aromatic N) is 3. The fraction of sp³-hybridized carbons (Fsp3) is 0.560. The zero-order valence-electron chi connectivity index (χ0n) is 20.8. The molecule has 33 heavy (non-hydrogen) atoms. The average molecular weight is 457 g/mol. The Morgan fingerprint density at radius 1 is 1.09 bits per heavy atom. The largest absolute Gasteiger partial charge is 0.444 e. The SMILES string of the molecule is C=C(C)c1cn(C(=O)OC(C)(C)C)c2cnc(N3CCC(NC(=O)OC(C)(C)C)CC3)cc12. The lowest BCUT2D eigenvalue weighted by Gasteiger charge is -2.33. The standard InChI is InChI=1S/C25H36N4O4/c1-16(2)19-15-29(23(31)33-25(6,7)8)20-14-26-21(13-18(19)20)28-11-9-17(10-12-28)27-22(30)32-24(3,4)5/h13-15,17H,1,9-12H2,2-8H3,(H,27,30). The molecule has 0 aromatic carbocycles. The molecule has 1 amide bonds. The topological polar surface area (TPSA) is 85.7 Å². The predicted molar refractivity (Wildman–Crippen MR) is 131 cm³/mol. The van der Waals surface area contributed by atoms with Gasteiger partial charge in [0.15, 0.2) is 0 Å². The molecule has 1 saturated heterocycles. The number of rotatable bonds is 3. The first-order valence-corrected chi connectivity index (χ1v) is 11.4. The summed E-state index contributed by atoms with van der Waals surface area (Å²) in [5, 5.41) is 3.87. The third kappa shape index (κ3) is 6.27. The molecule has 0 aliphatic carbocycles. The number of fused-ring (bicyclic) bond motifs is 1. The van der Waals surface area contributed by atoms with Crippen molar-refractivity contribution in [3.05, 3.63) is 30.6 Å². The fourth-order valence-electron chi connectivity index (χ4n) is 3.82. The summed E-state index contributed by atoms with van der Waals surface area (Å²) >= 11 is 0. The Morgan fingerprint density at radius 3 is 2.24 bits per heavy atom. The first kappa shape index (κ1) is 24.6. The number of hydrogen-bond acceptors (Lipinski definition) is 6. The van der Waals surface area contributed by atoms with Gasteiger partial charge in [-0.2, -0.15) is 0 Å². The number of anilines is 1. The van der Waals surface area contributed by atoms with E-state index in [-0.39, 0.29) is 12.1 Å². The number of piperidine rings is 1. The van der Waals surface area contributed by atoms with E-state index in [1.54, 1.807) is 12.4 Å². The van der Waals surface area contributed by atoms with Crippen molar-refractivity contribution in [2.45, 2.75) is 78.6 Å². The van der Waals surface area contributed by atoms with Gasteiger partial charge in [-0.25, -0.2) is 14.6 Å². The monoisotopic (exact) mass is 456 g/mol. The Kier molecular flexibility index (Phi) is 6.77. The van der Waals surface area contributed by atoms with Crippen LogP contribution in [-0.4, -0.2) is 52.1 Å². The van der Waals surface area contributed by atoms with Crippen LogP contribution in [0.4, 0.5) is 15.4 Å². The number of nitrogens with one attached hydrogen (secondary N) is 1. The van der Waals surface area contributed by atoms with Crippen LogP contribution >= 0.6 is 0 Å². The minimum Gasteiger partial charge on any atom is -0.444 e.